The maximum Gasteiger partial charge on any atom is 0.328 e. The molecule has 1 aromatic rings. The van der Waals surface area contributed by atoms with E-state index in [9.17, 15) is 4.79 Å². The highest BCUT2D eigenvalue weighted by Crippen LogP contribution is 2.37. The van der Waals surface area contributed by atoms with E-state index >= 15 is 0 Å². The molecular formula is C16H28N2O3Si. The van der Waals surface area contributed by atoms with E-state index in [0.29, 0.717) is 12.4 Å². The van der Waals surface area contributed by atoms with Gasteiger partial charge in [0, 0.05) is 0 Å². The van der Waals surface area contributed by atoms with Crippen molar-refractivity contribution in [3.63, 3.8) is 0 Å². The quantitative estimate of drug-likeness (QED) is 0.777. The molecule has 0 spiro atoms. The highest BCUT2D eigenvalue weighted by Gasteiger charge is 2.37. The van der Waals surface area contributed by atoms with Gasteiger partial charge < -0.3 is 14.8 Å². The maximum atomic E-state index is 11.2. The van der Waals surface area contributed by atoms with Gasteiger partial charge in [0.25, 0.3) is 0 Å². The van der Waals surface area contributed by atoms with Crippen LogP contribution in [0.15, 0.2) is 18.2 Å². The normalized spacial score (nSPS) is 13.0. The lowest BCUT2D eigenvalue weighted by atomic mass is 10.1. The van der Waals surface area contributed by atoms with Crippen LogP contribution in [0, 0.1) is 0 Å². The fraction of sp³-hybridized carbons (Fsp3) is 0.625. The molecule has 1 aromatic heterocycles. The van der Waals surface area contributed by atoms with Crippen molar-refractivity contribution in [2.45, 2.75) is 64.9 Å². The van der Waals surface area contributed by atoms with Gasteiger partial charge in [0.15, 0.2) is 8.32 Å². The summed E-state index contributed by atoms with van der Waals surface area (Å²) in [5, 5.41) is 12.2. The summed E-state index contributed by atoms with van der Waals surface area (Å²) in [6.07, 6.45) is 0. The molecule has 0 radical (unpaired) electrons. The first kappa shape index (κ1) is 18.6. The van der Waals surface area contributed by atoms with Crippen LogP contribution in [0.5, 0.6) is 0 Å². The maximum absolute atomic E-state index is 11.2. The topological polar surface area (TPSA) is 71.5 Å². The number of nitrogens with one attached hydrogen (secondary N) is 1. The summed E-state index contributed by atoms with van der Waals surface area (Å²) in [6, 6.07) is 5.52. The number of carbonyl (C=O) groups is 1. The Labute approximate surface area is 134 Å². The fourth-order valence-electron chi connectivity index (χ4n) is 1.47. The zero-order chi connectivity index (χ0) is 17.2. The van der Waals surface area contributed by atoms with Gasteiger partial charge in [0.05, 0.1) is 12.3 Å². The van der Waals surface area contributed by atoms with Crippen LogP contribution in [-0.4, -0.2) is 29.9 Å². The van der Waals surface area contributed by atoms with Crippen LogP contribution in [0.1, 0.15) is 40.3 Å². The minimum atomic E-state index is -1.82. The van der Waals surface area contributed by atoms with Gasteiger partial charge in [0.1, 0.15) is 11.4 Å². The molecule has 5 nitrogen and oxygen atoms in total. The molecule has 0 fully saturated rings. The zero-order valence-corrected chi connectivity index (χ0v) is 15.7. The zero-order valence-electron chi connectivity index (χ0n) is 14.7. The van der Waals surface area contributed by atoms with Crippen molar-refractivity contribution in [1.29, 1.82) is 0 Å². The Balaban J connectivity index is 2.80. The standard InChI is InChI=1S/C16H28N2O3Si/c1-15(2,3)22(6,7)21-11-12-9-8-10-13(17-12)18-16(4,5)14(19)20/h8-10H,11H2,1-7H3,(H,17,18)(H,19,20). The number of aromatic nitrogens is 1. The van der Waals surface area contributed by atoms with Gasteiger partial charge in [-0.25, -0.2) is 9.78 Å². The third-order valence-electron chi connectivity index (χ3n) is 4.17. The second-order valence-corrected chi connectivity index (χ2v) is 12.4. The highest BCUT2D eigenvalue weighted by molar-refractivity contribution is 6.74. The lowest BCUT2D eigenvalue weighted by molar-refractivity contribution is -0.141. The third kappa shape index (κ3) is 4.81. The molecule has 1 rings (SSSR count). The van der Waals surface area contributed by atoms with Crippen molar-refractivity contribution in [3.05, 3.63) is 23.9 Å². The summed E-state index contributed by atoms with van der Waals surface area (Å²) in [6.45, 7) is 14.6. The van der Waals surface area contributed by atoms with Crippen LogP contribution in [0.25, 0.3) is 0 Å². The Bertz CT molecular complexity index is 536. The van der Waals surface area contributed by atoms with E-state index in [4.69, 9.17) is 9.53 Å². The summed E-state index contributed by atoms with van der Waals surface area (Å²) in [4.78, 5) is 15.6. The van der Waals surface area contributed by atoms with Gasteiger partial charge in [-0.1, -0.05) is 26.8 Å². The number of hydrogen-bond acceptors (Lipinski definition) is 4. The van der Waals surface area contributed by atoms with Gasteiger partial charge >= 0.3 is 5.97 Å². The van der Waals surface area contributed by atoms with E-state index in [1.807, 2.05) is 12.1 Å². The van der Waals surface area contributed by atoms with Gasteiger partial charge in [0.2, 0.25) is 0 Å². The van der Waals surface area contributed by atoms with E-state index in [1.54, 1.807) is 19.9 Å². The molecule has 0 aliphatic rings. The number of carboxylic acids is 1. The Morgan fingerprint density at radius 2 is 1.86 bits per heavy atom. The molecule has 124 valence electrons. The first-order valence-corrected chi connectivity index (χ1v) is 10.4. The molecule has 0 saturated heterocycles. The number of anilines is 1. The third-order valence-corrected chi connectivity index (χ3v) is 8.65. The number of aliphatic carboxylic acids is 1. The molecule has 2 N–H and O–H groups in total. The SMILES string of the molecule is CC(C)(Nc1cccc(CO[Si](C)(C)C(C)(C)C)n1)C(=O)O. The summed E-state index contributed by atoms with van der Waals surface area (Å²) in [5.74, 6) is -0.374. The van der Waals surface area contributed by atoms with Gasteiger partial charge in [-0.05, 0) is 44.1 Å². The summed E-state index contributed by atoms with van der Waals surface area (Å²) < 4.78 is 6.14. The van der Waals surface area contributed by atoms with Crippen molar-refractivity contribution in [1.82, 2.24) is 4.98 Å². The van der Waals surface area contributed by atoms with Crippen molar-refractivity contribution in [3.8, 4) is 0 Å². The van der Waals surface area contributed by atoms with E-state index in [2.05, 4.69) is 44.2 Å². The number of rotatable bonds is 6. The number of pyridine rings is 1. The minimum absolute atomic E-state index is 0.147. The molecule has 0 amide bonds. The van der Waals surface area contributed by atoms with Crippen molar-refractivity contribution < 1.29 is 14.3 Å². The molecular weight excluding hydrogens is 296 g/mol. The molecule has 0 unspecified atom stereocenters. The monoisotopic (exact) mass is 324 g/mol. The molecule has 0 bridgehead atoms. The Morgan fingerprint density at radius 3 is 2.36 bits per heavy atom. The van der Waals surface area contributed by atoms with Crippen LogP contribution in [0.3, 0.4) is 0 Å². The first-order valence-electron chi connectivity index (χ1n) is 7.47. The average molecular weight is 324 g/mol. The molecule has 0 saturated carbocycles. The predicted octanol–water partition coefficient (Wildman–Crippen LogP) is 3.88. The smallest absolute Gasteiger partial charge is 0.328 e. The second-order valence-electron chi connectivity index (χ2n) is 7.62. The Kier molecular flexibility index (Phi) is 5.41. The van der Waals surface area contributed by atoms with Gasteiger partial charge in [-0.2, -0.15) is 0 Å². The van der Waals surface area contributed by atoms with Crippen LogP contribution in [0.4, 0.5) is 5.82 Å². The molecule has 0 aliphatic carbocycles. The fourth-order valence-corrected chi connectivity index (χ4v) is 2.42. The largest absolute Gasteiger partial charge is 0.480 e. The Morgan fingerprint density at radius 1 is 1.27 bits per heavy atom. The van der Waals surface area contributed by atoms with Crippen LogP contribution in [-0.2, 0) is 15.8 Å². The minimum Gasteiger partial charge on any atom is -0.480 e. The van der Waals surface area contributed by atoms with Crippen LogP contribution in [0.2, 0.25) is 18.1 Å². The Hall–Kier alpha value is -1.40. The van der Waals surface area contributed by atoms with Crippen LogP contribution >= 0.6 is 0 Å². The van der Waals surface area contributed by atoms with Gasteiger partial charge in [-0.15, -0.1) is 0 Å². The molecule has 0 aromatic carbocycles. The molecule has 0 atom stereocenters. The molecule has 6 heteroatoms. The number of hydrogen-bond donors (Lipinski definition) is 2. The van der Waals surface area contributed by atoms with Crippen molar-refractivity contribution in [2.75, 3.05) is 5.32 Å². The average Bonchev–Trinajstić information content (AvgIpc) is 2.35. The molecule has 0 aliphatic heterocycles. The predicted molar refractivity (Wildman–Crippen MR) is 91.6 cm³/mol. The van der Waals surface area contributed by atoms with E-state index in [1.165, 1.54) is 0 Å². The first-order chi connectivity index (χ1) is 9.85. The lowest BCUT2D eigenvalue weighted by Crippen LogP contribution is -2.41. The summed E-state index contributed by atoms with van der Waals surface area (Å²) in [5.41, 5.74) is -0.262. The van der Waals surface area contributed by atoms with Gasteiger partial charge in [-0.3, -0.25) is 0 Å². The number of nitrogens with zero attached hydrogens (tertiary/aromatic N) is 1. The summed E-state index contributed by atoms with van der Waals surface area (Å²) >= 11 is 0. The van der Waals surface area contributed by atoms with E-state index in [0.717, 1.165) is 5.69 Å². The second kappa shape index (κ2) is 6.38. The van der Waals surface area contributed by atoms with Crippen molar-refractivity contribution >= 4 is 20.1 Å². The van der Waals surface area contributed by atoms with Crippen molar-refractivity contribution in [2.24, 2.45) is 0 Å². The lowest BCUT2D eigenvalue weighted by Gasteiger charge is -2.36. The molecule has 22 heavy (non-hydrogen) atoms. The van der Waals surface area contributed by atoms with Crippen LogP contribution < -0.4 is 5.32 Å². The highest BCUT2D eigenvalue weighted by atomic mass is 28.4. The number of carboxylic acid groups (broad SMARTS) is 1. The van der Waals surface area contributed by atoms with E-state index in [-0.39, 0.29) is 5.04 Å². The van der Waals surface area contributed by atoms with E-state index < -0.39 is 19.8 Å². The summed E-state index contributed by atoms with van der Waals surface area (Å²) in [7, 11) is -1.82. The molecule has 1 heterocycles.